The lowest BCUT2D eigenvalue weighted by Crippen LogP contribution is -2.09. The molecule has 0 amide bonds. The molecule has 5 aromatic rings. The van der Waals surface area contributed by atoms with E-state index in [-0.39, 0.29) is 0 Å². The standard InChI is InChI=1S/C27H21N/c1-28(24-12-7-11-22(18-24)20-8-3-2-4-9-20)25-16-17-27-23(19-25)15-14-21-10-5-6-13-26(21)27/h2-19H,1H3. The molecule has 0 aliphatic rings. The molecule has 0 aromatic heterocycles. The summed E-state index contributed by atoms with van der Waals surface area (Å²) in [5.41, 5.74) is 4.84. The number of fused-ring (bicyclic) bond motifs is 3. The van der Waals surface area contributed by atoms with E-state index < -0.39 is 0 Å². The maximum Gasteiger partial charge on any atom is 0.0414 e. The highest BCUT2D eigenvalue weighted by molar-refractivity contribution is 6.08. The molecular weight excluding hydrogens is 338 g/mol. The summed E-state index contributed by atoms with van der Waals surface area (Å²) in [5, 5.41) is 5.16. The van der Waals surface area contributed by atoms with Crippen molar-refractivity contribution in [2.24, 2.45) is 0 Å². The minimum atomic E-state index is 1.18. The lowest BCUT2D eigenvalue weighted by atomic mass is 10.0. The molecule has 5 aromatic carbocycles. The third-order valence-electron chi connectivity index (χ3n) is 5.46. The van der Waals surface area contributed by atoms with E-state index in [1.165, 1.54) is 44.0 Å². The van der Waals surface area contributed by atoms with Crippen LogP contribution >= 0.6 is 0 Å². The molecule has 0 aliphatic carbocycles. The van der Waals surface area contributed by atoms with Gasteiger partial charge in [0.25, 0.3) is 0 Å². The van der Waals surface area contributed by atoms with Crippen molar-refractivity contribution in [1.82, 2.24) is 0 Å². The molecule has 0 spiro atoms. The van der Waals surface area contributed by atoms with Crippen LogP contribution in [0.25, 0.3) is 32.7 Å². The number of benzene rings is 5. The van der Waals surface area contributed by atoms with Crippen molar-refractivity contribution in [2.45, 2.75) is 0 Å². The van der Waals surface area contributed by atoms with E-state index in [4.69, 9.17) is 0 Å². The fourth-order valence-corrected chi connectivity index (χ4v) is 3.88. The summed E-state index contributed by atoms with van der Waals surface area (Å²) in [6.07, 6.45) is 0. The SMILES string of the molecule is CN(c1cccc(-c2ccccc2)c1)c1ccc2c(ccc3ccccc32)c1. The average molecular weight is 359 g/mol. The normalized spacial score (nSPS) is 11.0. The first-order valence-corrected chi connectivity index (χ1v) is 9.60. The van der Waals surface area contributed by atoms with Crippen LogP contribution in [0.5, 0.6) is 0 Å². The number of anilines is 2. The van der Waals surface area contributed by atoms with Crippen molar-refractivity contribution in [3.63, 3.8) is 0 Å². The van der Waals surface area contributed by atoms with Gasteiger partial charge in [0, 0.05) is 18.4 Å². The minimum Gasteiger partial charge on any atom is -0.345 e. The lowest BCUT2D eigenvalue weighted by molar-refractivity contribution is 1.21. The number of rotatable bonds is 3. The van der Waals surface area contributed by atoms with E-state index in [0.717, 1.165) is 0 Å². The van der Waals surface area contributed by atoms with Crippen molar-refractivity contribution in [2.75, 3.05) is 11.9 Å². The van der Waals surface area contributed by atoms with Gasteiger partial charge in [-0.25, -0.2) is 0 Å². The zero-order chi connectivity index (χ0) is 18.9. The summed E-state index contributed by atoms with van der Waals surface area (Å²) in [5.74, 6) is 0. The zero-order valence-electron chi connectivity index (χ0n) is 15.8. The number of nitrogens with zero attached hydrogens (tertiary/aromatic N) is 1. The third kappa shape index (κ3) is 2.91. The molecule has 1 heteroatoms. The van der Waals surface area contributed by atoms with Gasteiger partial charge in [-0.2, -0.15) is 0 Å². The van der Waals surface area contributed by atoms with Crippen LogP contribution < -0.4 is 4.90 Å². The third-order valence-corrected chi connectivity index (χ3v) is 5.46. The summed E-state index contributed by atoms with van der Waals surface area (Å²) in [4.78, 5) is 2.25. The maximum atomic E-state index is 2.27. The molecule has 0 atom stereocenters. The summed E-state index contributed by atoms with van der Waals surface area (Å²) in [6, 6.07) is 39.0. The molecule has 5 rings (SSSR count). The van der Waals surface area contributed by atoms with E-state index in [1.807, 2.05) is 0 Å². The van der Waals surface area contributed by atoms with E-state index in [0.29, 0.717) is 0 Å². The first kappa shape index (κ1) is 16.6. The molecule has 0 heterocycles. The summed E-state index contributed by atoms with van der Waals surface area (Å²) >= 11 is 0. The van der Waals surface area contributed by atoms with Crippen molar-refractivity contribution in [1.29, 1.82) is 0 Å². The van der Waals surface area contributed by atoms with E-state index in [9.17, 15) is 0 Å². The Kier molecular flexibility index (Phi) is 4.06. The van der Waals surface area contributed by atoms with Crippen LogP contribution in [0.3, 0.4) is 0 Å². The highest BCUT2D eigenvalue weighted by atomic mass is 15.1. The number of hydrogen-bond acceptors (Lipinski definition) is 1. The second-order valence-corrected chi connectivity index (χ2v) is 7.17. The Labute approximate surface area is 165 Å². The molecule has 0 N–H and O–H groups in total. The van der Waals surface area contributed by atoms with Gasteiger partial charge in [0.05, 0.1) is 0 Å². The molecule has 1 nitrogen and oxygen atoms in total. The molecular formula is C27H21N. The Hall–Kier alpha value is -3.58. The molecule has 134 valence electrons. The van der Waals surface area contributed by atoms with Gasteiger partial charge in [-0.15, -0.1) is 0 Å². The van der Waals surface area contributed by atoms with Crippen molar-refractivity contribution in [3.05, 3.63) is 109 Å². The molecule has 0 saturated carbocycles. The molecule has 28 heavy (non-hydrogen) atoms. The van der Waals surface area contributed by atoms with Crippen molar-refractivity contribution >= 4 is 32.9 Å². The van der Waals surface area contributed by atoms with Crippen LogP contribution in [0.15, 0.2) is 109 Å². The van der Waals surface area contributed by atoms with Crippen molar-refractivity contribution < 1.29 is 0 Å². The molecule has 0 aliphatic heterocycles. The van der Waals surface area contributed by atoms with Crippen LogP contribution in [-0.2, 0) is 0 Å². The Balaban J connectivity index is 1.56. The highest BCUT2D eigenvalue weighted by Gasteiger charge is 2.08. The summed E-state index contributed by atoms with van der Waals surface area (Å²) in [6.45, 7) is 0. The summed E-state index contributed by atoms with van der Waals surface area (Å²) in [7, 11) is 2.13. The van der Waals surface area contributed by atoms with Crippen LogP contribution in [0.2, 0.25) is 0 Å². The van der Waals surface area contributed by atoms with Gasteiger partial charge in [-0.3, -0.25) is 0 Å². The topological polar surface area (TPSA) is 3.24 Å². The first-order chi connectivity index (χ1) is 13.8. The van der Waals surface area contributed by atoms with Gasteiger partial charge in [0.1, 0.15) is 0 Å². The van der Waals surface area contributed by atoms with Gasteiger partial charge in [0.2, 0.25) is 0 Å². The predicted octanol–water partition coefficient (Wildman–Crippen LogP) is 7.43. The van der Waals surface area contributed by atoms with Gasteiger partial charge >= 0.3 is 0 Å². The van der Waals surface area contributed by atoms with Crippen LogP contribution in [0.1, 0.15) is 0 Å². The van der Waals surface area contributed by atoms with Crippen LogP contribution in [-0.4, -0.2) is 7.05 Å². The monoisotopic (exact) mass is 359 g/mol. The molecule has 0 unspecified atom stereocenters. The van der Waals surface area contributed by atoms with E-state index >= 15 is 0 Å². The maximum absolute atomic E-state index is 2.27. The van der Waals surface area contributed by atoms with Gasteiger partial charge in [-0.1, -0.05) is 84.9 Å². The highest BCUT2D eigenvalue weighted by Crippen LogP contribution is 2.32. The largest absolute Gasteiger partial charge is 0.345 e. The average Bonchev–Trinajstić information content (AvgIpc) is 2.79. The fraction of sp³-hybridized carbons (Fsp3) is 0.0370. The molecule has 0 radical (unpaired) electrons. The Morgan fingerprint density at radius 3 is 2.04 bits per heavy atom. The predicted molar refractivity (Wildman–Crippen MR) is 121 cm³/mol. The van der Waals surface area contributed by atoms with E-state index in [1.54, 1.807) is 0 Å². The molecule has 0 saturated heterocycles. The van der Waals surface area contributed by atoms with Gasteiger partial charge in [-0.05, 0) is 56.9 Å². The fourth-order valence-electron chi connectivity index (χ4n) is 3.88. The minimum absolute atomic E-state index is 1.18. The second-order valence-electron chi connectivity index (χ2n) is 7.17. The first-order valence-electron chi connectivity index (χ1n) is 9.60. The molecule has 0 fully saturated rings. The van der Waals surface area contributed by atoms with Crippen molar-refractivity contribution in [3.8, 4) is 11.1 Å². The van der Waals surface area contributed by atoms with E-state index in [2.05, 4.69) is 121 Å². The Morgan fingerprint density at radius 2 is 1.14 bits per heavy atom. The summed E-state index contributed by atoms with van der Waals surface area (Å²) < 4.78 is 0. The quantitative estimate of drug-likeness (QED) is 0.303. The van der Waals surface area contributed by atoms with Crippen LogP contribution in [0.4, 0.5) is 11.4 Å². The lowest BCUT2D eigenvalue weighted by Gasteiger charge is -2.21. The smallest absolute Gasteiger partial charge is 0.0414 e. The molecule has 0 bridgehead atoms. The zero-order valence-corrected chi connectivity index (χ0v) is 15.8. The van der Waals surface area contributed by atoms with Gasteiger partial charge < -0.3 is 4.90 Å². The van der Waals surface area contributed by atoms with Gasteiger partial charge in [0.15, 0.2) is 0 Å². The second kappa shape index (κ2) is 6.86. The Morgan fingerprint density at radius 1 is 0.464 bits per heavy atom. The Bertz CT molecular complexity index is 1270. The number of hydrogen-bond donors (Lipinski definition) is 0. The van der Waals surface area contributed by atoms with Crippen LogP contribution in [0, 0.1) is 0 Å².